The highest BCUT2D eigenvalue weighted by atomic mass is 16.4. The fourth-order valence-electron chi connectivity index (χ4n) is 4.17. The lowest BCUT2D eigenvalue weighted by Crippen LogP contribution is -2.38. The van der Waals surface area contributed by atoms with Crippen LogP contribution in [0.25, 0.3) is 11.5 Å². The number of nitrogens with zero attached hydrogens (tertiary/aromatic N) is 4. The third-order valence-electron chi connectivity index (χ3n) is 5.46. The topological polar surface area (TPSA) is 55.1 Å². The summed E-state index contributed by atoms with van der Waals surface area (Å²) in [4.78, 5) is 6.66. The third-order valence-corrected chi connectivity index (χ3v) is 5.46. The van der Waals surface area contributed by atoms with Crippen LogP contribution in [-0.2, 0) is 0 Å². The van der Waals surface area contributed by atoms with Crippen molar-refractivity contribution < 1.29 is 4.42 Å². The molecule has 1 saturated carbocycles. The summed E-state index contributed by atoms with van der Waals surface area (Å²) in [5.74, 6) is 2.69. The molecule has 0 N–H and O–H groups in total. The smallest absolute Gasteiger partial charge is 0.247 e. The Bertz CT molecular complexity index is 636. The fourth-order valence-corrected chi connectivity index (χ4v) is 4.17. The average molecular weight is 326 g/mol. The zero-order chi connectivity index (χ0) is 16.2. The summed E-state index contributed by atoms with van der Waals surface area (Å²) in [6, 6.07) is 3.82. The molecule has 128 valence electrons. The minimum absolute atomic E-state index is 0.380. The third kappa shape index (κ3) is 3.66. The molecule has 2 aliphatic rings. The lowest BCUT2D eigenvalue weighted by molar-refractivity contribution is 0.152. The van der Waals surface area contributed by atoms with Crippen molar-refractivity contribution in [2.24, 2.45) is 5.92 Å². The van der Waals surface area contributed by atoms with Gasteiger partial charge in [-0.3, -0.25) is 4.98 Å². The SMILES string of the molecule is c1cc(-c2nnc([C@H]3CCCN(CC4CCCCC4)C3)o2)ccn1. The highest BCUT2D eigenvalue weighted by Gasteiger charge is 2.27. The van der Waals surface area contributed by atoms with E-state index in [9.17, 15) is 0 Å². The van der Waals surface area contributed by atoms with Gasteiger partial charge in [0.25, 0.3) is 0 Å². The maximum Gasteiger partial charge on any atom is 0.247 e. The molecular formula is C19H26N4O. The molecular weight excluding hydrogens is 300 g/mol. The van der Waals surface area contributed by atoms with Gasteiger partial charge in [-0.05, 0) is 50.3 Å². The molecule has 0 aromatic carbocycles. The van der Waals surface area contributed by atoms with Crippen LogP contribution in [0.1, 0.15) is 56.8 Å². The first-order valence-corrected chi connectivity index (χ1v) is 9.34. The summed E-state index contributed by atoms with van der Waals surface area (Å²) in [5.41, 5.74) is 0.943. The van der Waals surface area contributed by atoms with Gasteiger partial charge >= 0.3 is 0 Å². The first-order valence-electron chi connectivity index (χ1n) is 9.34. The number of likely N-dealkylation sites (tertiary alicyclic amines) is 1. The van der Waals surface area contributed by atoms with Gasteiger partial charge in [-0.15, -0.1) is 10.2 Å². The van der Waals surface area contributed by atoms with Crippen molar-refractivity contribution in [3.8, 4) is 11.5 Å². The van der Waals surface area contributed by atoms with E-state index < -0.39 is 0 Å². The monoisotopic (exact) mass is 326 g/mol. The first-order chi connectivity index (χ1) is 11.9. The van der Waals surface area contributed by atoms with Crippen LogP contribution < -0.4 is 0 Å². The van der Waals surface area contributed by atoms with Gasteiger partial charge in [0.05, 0.1) is 5.92 Å². The van der Waals surface area contributed by atoms with Crippen LogP contribution in [0, 0.1) is 5.92 Å². The number of aromatic nitrogens is 3. The minimum Gasteiger partial charge on any atom is -0.420 e. The largest absolute Gasteiger partial charge is 0.420 e. The standard InChI is InChI=1S/C19H26N4O/c1-2-5-15(6-3-1)13-23-12-4-7-17(14-23)19-22-21-18(24-19)16-8-10-20-11-9-16/h8-11,15,17H,1-7,12-14H2/t17-/m0/s1. The molecule has 4 rings (SSSR count). The molecule has 0 spiro atoms. The summed E-state index contributed by atoms with van der Waals surface area (Å²) in [6.07, 6.45) is 13.0. The van der Waals surface area contributed by atoms with Gasteiger partial charge in [0.1, 0.15) is 0 Å². The maximum absolute atomic E-state index is 5.97. The zero-order valence-electron chi connectivity index (χ0n) is 14.2. The molecule has 0 amide bonds. The molecule has 1 aliphatic carbocycles. The van der Waals surface area contributed by atoms with Crippen LogP contribution in [-0.4, -0.2) is 39.7 Å². The normalized spacial score (nSPS) is 23.4. The van der Waals surface area contributed by atoms with Crippen molar-refractivity contribution in [2.75, 3.05) is 19.6 Å². The van der Waals surface area contributed by atoms with E-state index in [1.807, 2.05) is 12.1 Å². The number of hydrogen-bond acceptors (Lipinski definition) is 5. The molecule has 2 fully saturated rings. The van der Waals surface area contributed by atoms with Gasteiger partial charge in [-0.1, -0.05) is 19.3 Å². The molecule has 5 nitrogen and oxygen atoms in total. The van der Waals surface area contributed by atoms with Crippen LogP contribution in [0.15, 0.2) is 28.9 Å². The molecule has 1 atom stereocenters. The molecule has 1 saturated heterocycles. The first kappa shape index (κ1) is 15.8. The Morgan fingerprint density at radius 3 is 2.67 bits per heavy atom. The Hall–Kier alpha value is -1.75. The van der Waals surface area contributed by atoms with Gasteiger partial charge < -0.3 is 9.32 Å². The van der Waals surface area contributed by atoms with Crippen LogP contribution in [0.2, 0.25) is 0 Å². The Morgan fingerprint density at radius 2 is 1.83 bits per heavy atom. The Labute approximate surface area is 143 Å². The number of rotatable bonds is 4. The van der Waals surface area contributed by atoms with Crippen molar-refractivity contribution in [3.63, 3.8) is 0 Å². The molecule has 24 heavy (non-hydrogen) atoms. The predicted octanol–water partition coefficient (Wildman–Crippen LogP) is 3.89. The van der Waals surface area contributed by atoms with E-state index in [1.54, 1.807) is 12.4 Å². The summed E-state index contributed by atoms with van der Waals surface area (Å²) in [6.45, 7) is 3.54. The maximum atomic E-state index is 5.97. The quantitative estimate of drug-likeness (QED) is 0.853. The second-order valence-electron chi connectivity index (χ2n) is 7.28. The van der Waals surface area contributed by atoms with Crippen LogP contribution in [0.3, 0.4) is 0 Å². The van der Waals surface area contributed by atoms with E-state index in [4.69, 9.17) is 4.42 Å². The highest BCUT2D eigenvalue weighted by Crippen LogP contribution is 2.30. The van der Waals surface area contributed by atoms with Gasteiger partial charge in [-0.2, -0.15) is 0 Å². The predicted molar refractivity (Wildman–Crippen MR) is 92.5 cm³/mol. The summed E-state index contributed by atoms with van der Waals surface area (Å²) in [5, 5.41) is 8.57. The fraction of sp³-hybridized carbons (Fsp3) is 0.632. The van der Waals surface area contributed by atoms with Crippen LogP contribution in [0.4, 0.5) is 0 Å². The van der Waals surface area contributed by atoms with Gasteiger partial charge in [0.2, 0.25) is 11.8 Å². The molecule has 1 aliphatic heterocycles. The van der Waals surface area contributed by atoms with E-state index in [-0.39, 0.29) is 0 Å². The van der Waals surface area contributed by atoms with Crippen molar-refractivity contribution in [1.29, 1.82) is 0 Å². The van der Waals surface area contributed by atoms with Crippen molar-refractivity contribution >= 4 is 0 Å². The van der Waals surface area contributed by atoms with Gasteiger partial charge in [-0.25, -0.2) is 0 Å². The summed E-state index contributed by atoms with van der Waals surface area (Å²) >= 11 is 0. The van der Waals surface area contributed by atoms with E-state index in [0.717, 1.165) is 30.3 Å². The van der Waals surface area contributed by atoms with E-state index in [0.29, 0.717) is 11.8 Å². The molecule has 0 bridgehead atoms. The molecule has 0 radical (unpaired) electrons. The lowest BCUT2D eigenvalue weighted by Gasteiger charge is -2.34. The lowest BCUT2D eigenvalue weighted by atomic mass is 9.88. The Morgan fingerprint density at radius 1 is 1.00 bits per heavy atom. The molecule has 2 aromatic heterocycles. The zero-order valence-corrected chi connectivity index (χ0v) is 14.2. The van der Waals surface area contributed by atoms with Crippen molar-refractivity contribution in [3.05, 3.63) is 30.4 Å². The summed E-state index contributed by atoms with van der Waals surface area (Å²) in [7, 11) is 0. The van der Waals surface area contributed by atoms with Crippen molar-refractivity contribution in [1.82, 2.24) is 20.1 Å². The van der Waals surface area contributed by atoms with E-state index in [1.165, 1.54) is 51.6 Å². The number of hydrogen-bond donors (Lipinski definition) is 0. The molecule has 2 aromatic rings. The highest BCUT2D eigenvalue weighted by molar-refractivity contribution is 5.50. The minimum atomic E-state index is 0.380. The summed E-state index contributed by atoms with van der Waals surface area (Å²) < 4.78 is 5.97. The van der Waals surface area contributed by atoms with Gasteiger partial charge in [0.15, 0.2) is 0 Å². The van der Waals surface area contributed by atoms with Crippen LogP contribution in [0.5, 0.6) is 0 Å². The van der Waals surface area contributed by atoms with E-state index >= 15 is 0 Å². The second kappa shape index (κ2) is 7.43. The van der Waals surface area contributed by atoms with Crippen molar-refractivity contribution in [2.45, 2.75) is 50.9 Å². The molecule has 5 heteroatoms. The van der Waals surface area contributed by atoms with E-state index in [2.05, 4.69) is 20.1 Å². The molecule has 3 heterocycles. The molecule has 0 unspecified atom stereocenters. The van der Waals surface area contributed by atoms with Crippen LogP contribution >= 0.6 is 0 Å². The second-order valence-corrected chi connectivity index (χ2v) is 7.28. The Kier molecular flexibility index (Phi) is 4.88. The number of piperidine rings is 1. The average Bonchev–Trinajstić information content (AvgIpc) is 3.14. The van der Waals surface area contributed by atoms with Gasteiger partial charge in [0, 0.05) is 31.0 Å². The number of pyridine rings is 1. The Balaban J connectivity index is 1.40.